The van der Waals surface area contributed by atoms with Gasteiger partial charge in [-0.25, -0.2) is 0 Å². The maximum atomic E-state index is 12.4. The molecule has 5 nitrogen and oxygen atoms in total. The fourth-order valence-corrected chi connectivity index (χ4v) is 3.46. The van der Waals surface area contributed by atoms with Gasteiger partial charge in [0.1, 0.15) is 0 Å². The number of thiocarbonyl (C=S) groups is 1. The lowest BCUT2D eigenvalue weighted by Gasteiger charge is -2.12. The first-order valence-electron chi connectivity index (χ1n) is 9.23. The van der Waals surface area contributed by atoms with Crippen LogP contribution in [0.15, 0.2) is 72.8 Å². The van der Waals surface area contributed by atoms with E-state index in [0.29, 0.717) is 23.4 Å². The van der Waals surface area contributed by atoms with Crippen LogP contribution >= 0.6 is 34.8 Å². The van der Waals surface area contributed by atoms with Crippen LogP contribution in [0.25, 0.3) is 0 Å². The highest BCUT2D eigenvalue weighted by Crippen LogP contribution is 2.16. The second-order valence-electron chi connectivity index (χ2n) is 6.66. The van der Waals surface area contributed by atoms with Crippen molar-refractivity contribution in [3.63, 3.8) is 0 Å². The van der Waals surface area contributed by atoms with Gasteiger partial charge in [0.05, 0.1) is 6.42 Å². The van der Waals surface area contributed by atoms with E-state index in [1.54, 1.807) is 30.3 Å². The molecule has 0 aliphatic heterocycles. The van der Waals surface area contributed by atoms with E-state index < -0.39 is 0 Å². The van der Waals surface area contributed by atoms with Gasteiger partial charge in [-0.2, -0.15) is 0 Å². The van der Waals surface area contributed by atoms with Crippen molar-refractivity contribution in [1.82, 2.24) is 5.32 Å². The number of halogens is 1. The smallest absolute Gasteiger partial charge is 0.257 e. The lowest BCUT2D eigenvalue weighted by atomic mass is 10.1. The quantitative estimate of drug-likeness (QED) is 0.325. The Hall–Kier alpha value is -2.78. The van der Waals surface area contributed by atoms with E-state index in [2.05, 4.69) is 38.5 Å². The molecule has 0 aliphatic rings. The van der Waals surface area contributed by atoms with Crippen LogP contribution in [0.5, 0.6) is 0 Å². The second-order valence-corrected chi connectivity index (χ2v) is 8.23. The average Bonchev–Trinajstić information content (AvgIpc) is 2.70. The van der Waals surface area contributed by atoms with E-state index >= 15 is 0 Å². The number of benzene rings is 3. The van der Waals surface area contributed by atoms with Gasteiger partial charge in [-0.15, -0.1) is 0 Å². The highest BCUT2D eigenvalue weighted by atomic mass is 127. The molecule has 0 saturated carbocycles. The van der Waals surface area contributed by atoms with Crippen molar-refractivity contribution in [2.24, 2.45) is 0 Å². The Morgan fingerprint density at radius 2 is 1.60 bits per heavy atom. The summed E-state index contributed by atoms with van der Waals surface area (Å²) in [6.07, 6.45) is 0.294. The molecule has 0 spiro atoms. The Bertz CT molecular complexity index is 1090. The average molecular weight is 529 g/mol. The monoisotopic (exact) mass is 529 g/mol. The van der Waals surface area contributed by atoms with Crippen molar-refractivity contribution in [2.75, 3.05) is 10.6 Å². The third kappa shape index (κ3) is 6.36. The Morgan fingerprint density at radius 1 is 0.900 bits per heavy atom. The Labute approximate surface area is 194 Å². The first kappa shape index (κ1) is 21.9. The van der Waals surface area contributed by atoms with E-state index in [1.807, 2.05) is 49.4 Å². The summed E-state index contributed by atoms with van der Waals surface area (Å²) >= 11 is 7.45. The highest BCUT2D eigenvalue weighted by Gasteiger charge is 2.10. The molecule has 0 unspecified atom stereocenters. The summed E-state index contributed by atoms with van der Waals surface area (Å²) in [5.41, 5.74) is 3.90. The second kappa shape index (κ2) is 10.3. The number of amides is 2. The van der Waals surface area contributed by atoms with E-state index in [1.165, 1.54) is 0 Å². The third-order valence-corrected chi connectivity index (χ3v) is 5.64. The van der Waals surface area contributed by atoms with Gasteiger partial charge in [0.25, 0.3) is 5.91 Å². The molecule has 152 valence electrons. The van der Waals surface area contributed by atoms with E-state index in [9.17, 15) is 9.59 Å². The standard InChI is InChI=1S/C23H20IN3O2S/c1-15-10-11-17(13-20(15)24)22(29)27-23(30)26-19-9-5-8-18(14-19)25-21(28)12-16-6-3-2-4-7-16/h2-11,13-14H,12H2,1H3,(H,25,28)(H2,26,27,29,30). The molecule has 0 heterocycles. The molecule has 3 N–H and O–H groups in total. The number of anilines is 2. The van der Waals surface area contributed by atoms with Gasteiger partial charge in [-0.1, -0.05) is 42.5 Å². The van der Waals surface area contributed by atoms with Gasteiger partial charge in [-0.3, -0.25) is 14.9 Å². The molecule has 3 aromatic carbocycles. The molecule has 0 radical (unpaired) electrons. The highest BCUT2D eigenvalue weighted by molar-refractivity contribution is 14.1. The summed E-state index contributed by atoms with van der Waals surface area (Å²) in [5, 5.41) is 8.71. The van der Waals surface area contributed by atoms with E-state index in [-0.39, 0.29) is 16.9 Å². The Kier molecular flexibility index (Phi) is 7.53. The summed E-state index contributed by atoms with van der Waals surface area (Å²) in [5.74, 6) is -0.388. The molecule has 0 saturated heterocycles. The van der Waals surface area contributed by atoms with Crippen LogP contribution in [0.3, 0.4) is 0 Å². The summed E-state index contributed by atoms with van der Waals surface area (Å²) < 4.78 is 1.01. The number of carbonyl (C=O) groups is 2. The minimum Gasteiger partial charge on any atom is -0.332 e. The molecular weight excluding hydrogens is 509 g/mol. The zero-order chi connectivity index (χ0) is 21.5. The normalized spacial score (nSPS) is 10.2. The van der Waals surface area contributed by atoms with Crippen molar-refractivity contribution >= 4 is 63.1 Å². The van der Waals surface area contributed by atoms with Crippen molar-refractivity contribution in [2.45, 2.75) is 13.3 Å². The van der Waals surface area contributed by atoms with Crippen LogP contribution in [0.1, 0.15) is 21.5 Å². The Balaban J connectivity index is 1.57. The number of aryl methyl sites for hydroxylation is 1. The van der Waals surface area contributed by atoms with E-state index in [0.717, 1.165) is 14.7 Å². The van der Waals surface area contributed by atoms with Gasteiger partial charge in [-0.05, 0) is 83.2 Å². The SMILES string of the molecule is Cc1ccc(C(=O)NC(=S)Nc2cccc(NC(=O)Cc3ccccc3)c2)cc1I. The van der Waals surface area contributed by atoms with Crippen LogP contribution in [-0.2, 0) is 11.2 Å². The molecule has 7 heteroatoms. The molecule has 0 aromatic heterocycles. The van der Waals surface area contributed by atoms with Crippen molar-refractivity contribution in [1.29, 1.82) is 0 Å². The maximum Gasteiger partial charge on any atom is 0.257 e. The van der Waals surface area contributed by atoms with Gasteiger partial charge < -0.3 is 10.6 Å². The fourth-order valence-electron chi connectivity index (χ4n) is 2.73. The predicted molar refractivity (Wildman–Crippen MR) is 133 cm³/mol. The van der Waals surface area contributed by atoms with Crippen LogP contribution in [0.2, 0.25) is 0 Å². The van der Waals surface area contributed by atoms with Gasteiger partial charge >= 0.3 is 0 Å². The molecule has 3 aromatic rings. The molecule has 0 aliphatic carbocycles. The number of hydrogen-bond acceptors (Lipinski definition) is 3. The number of rotatable bonds is 5. The Morgan fingerprint density at radius 3 is 2.30 bits per heavy atom. The molecular formula is C23H20IN3O2S. The molecule has 3 rings (SSSR count). The first-order valence-corrected chi connectivity index (χ1v) is 10.7. The minimum atomic E-state index is -0.280. The molecule has 30 heavy (non-hydrogen) atoms. The van der Waals surface area contributed by atoms with Crippen LogP contribution in [-0.4, -0.2) is 16.9 Å². The summed E-state index contributed by atoms with van der Waals surface area (Å²) in [7, 11) is 0. The summed E-state index contributed by atoms with van der Waals surface area (Å²) in [6, 6.07) is 22.2. The fraction of sp³-hybridized carbons (Fsp3) is 0.0870. The first-order chi connectivity index (χ1) is 14.4. The van der Waals surface area contributed by atoms with Crippen LogP contribution < -0.4 is 16.0 Å². The summed E-state index contributed by atoms with van der Waals surface area (Å²) in [4.78, 5) is 24.7. The maximum absolute atomic E-state index is 12.4. The number of nitrogens with one attached hydrogen (secondary N) is 3. The van der Waals surface area contributed by atoms with Crippen molar-refractivity contribution in [3.8, 4) is 0 Å². The van der Waals surface area contributed by atoms with E-state index in [4.69, 9.17) is 12.2 Å². The zero-order valence-electron chi connectivity index (χ0n) is 16.2. The molecule has 0 atom stereocenters. The number of hydrogen-bond donors (Lipinski definition) is 3. The largest absolute Gasteiger partial charge is 0.332 e. The zero-order valence-corrected chi connectivity index (χ0v) is 19.2. The third-order valence-electron chi connectivity index (χ3n) is 4.27. The van der Waals surface area contributed by atoms with Crippen LogP contribution in [0.4, 0.5) is 11.4 Å². The predicted octanol–water partition coefficient (Wildman–Crippen LogP) is 4.91. The number of carbonyl (C=O) groups excluding carboxylic acids is 2. The van der Waals surface area contributed by atoms with Gasteiger partial charge in [0, 0.05) is 20.5 Å². The van der Waals surface area contributed by atoms with Crippen LogP contribution in [0, 0.1) is 10.5 Å². The van der Waals surface area contributed by atoms with Gasteiger partial charge in [0.2, 0.25) is 5.91 Å². The lowest BCUT2D eigenvalue weighted by Crippen LogP contribution is -2.34. The lowest BCUT2D eigenvalue weighted by molar-refractivity contribution is -0.115. The molecule has 2 amide bonds. The minimum absolute atomic E-state index is 0.108. The van der Waals surface area contributed by atoms with Gasteiger partial charge in [0.15, 0.2) is 5.11 Å². The van der Waals surface area contributed by atoms with Crippen molar-refractivity contribution < 1.29 is 9.59 Å². The topological polar surface area (TPSA) is 70.2 Å². The van der Waals surface area contributed by atoms with Crippen molar-refractivity contribution in [3.05, 3.63) is 93.1 Å². The molecule has 0 bridgehead atoms. The molecule has 0 fully saturated rings. The summed E-state index contributed by atoms with van der Waals surface area (Å²) in [6.45, 7) is 1.99.